The molecule has 5 aromatic rings. The van der Waals surface area contributed by atoms with Crippen molar-refractivity contribution in [3.8, 4) is 23.7 Å². The fraction of sp³-hybridized carbons (Fsp3) is 0.176. The van der Waals surface area contributed by atoms with Gasteiger partial charge in [-0.3, -0.25) is 14.3 Å². The molecule has 0 saturated carbocycles. The molecule has 4 aromatic carbocycles. The van der Waals surface area contributed by atoms with E-state index in [1.54, 1.807) is 0 Å². The van der Waals surface area contributed by atoms with Crippen LogP contribution >= 0.6 is 0 Å². The number of hydrogen-bond acceptors (Lipinski definition) is 6. The Balaban J connectivity index is 1.48. The Kier molecular flexibility index (Phi) is 7.35. The molecule has 1 saturated heterocycles. The fourth-order valence-corrected chi connectivity index (χ4v) is 5.22. The molecule has 4 N–H and O–H groups in total. The molecule has 1 aliphatic heterocycles. The number of hydrogen-bond donors (Lipinski definition) is 4. The third kappa shape index (κ3) is 5.07. The van der Waals surface area contributed by atoms with E-state index in [1.807, 2.05) is 79.8 Å². The summed E-state index contributed by atoms with van der Waals surface area (Å²) in [6, 6.07) is 23.7. The minimum atomic E-state index is -0.930. The number of ether oxygens (including phenoxy) is 1. The van der Waals surface area contributed by atoms with Crippen LogP contribution in [0.1, 0.15) is 34.9 Å². The van der Waals surface area contributed by atoms with Gasteiger partial charge in [-0.05, 0) is 45.8 Å². The van der Waals surface area contributed by atoms with Gasteiger partial charge in [0.15, 0.2) is 0 Å². The summed E-state index contributed by atoms with van der Waals surface area (Å²) < 4.78 is 6.82. The van der Waals surface area contributed by atoms with Crippen LogP contribution in [0.5, 0.6) is 0 Å². The molecule has 0 aliphatic carbocycles. The van der Waals surface area contributed by atoms with Crippen molar-refractivity contribution >= 4 is 27.2 Å². The molecule has 8 heteroatoms. The van der Waals surface area contributed by atoms with Crippen LogP contribution in [0.4, 0.5) is 5.69 Å². The number of aliphatic hydroxyl groups is 2. The van der Waals surface area contributed by atoms with E-state index in [4.69, 9.17) is 4.74 Å². The third-order valence-corrected chi connectivity index (χ3v) is 7.42. The minimum Gasteiger partial charge on any atom is -0.394 e. The fourth-order valence-electron chi connectivity index (χ4n) is 5.22. The van der Waals surface area contributed by atoms with Gasteiger partial charge in [0.2, 0.25) is 0 Å². The number of rotatable bonds is 3. The molecule has 1 fully saturated rings. The molecule has 6 rings (SSSR count). The second kappa shape index (κ2) is 11.4. The zero-order valence-electron chi connectivity index (χ0n) is 22.7. The van der Waals surface area contributed by atoms with Gasteiger partial charge in [0.1, 0.15) is 17.9 Å². The number of fused-ring (bicyclic) bond motifs is 2. The van der Waals surface area contributed by atoms with Crippen molar-refractivity contribution in [2.45, 2.75) is 24.9 Å². The van der Waals surface area contributed by atoms with Crippen LogP contribution in [-0.4, -0.2) is 45.6 Å². The van der Waals surface area contributed by atoms with Gasteiger partial charge in [-0.25, -0.2) is 4.79 Å². The van der Waals surface area contributed by atoms with E-state index in [9.17, 15) is 19.8 Å². The van der Waals surface area contributed by atoms with Gasteiger partial charge in [-0.15, -0.1) is 0 Å². The van der Waals surface area contributed by atoms with Crippen LogP contribution in [-0.2, 0) is 4.74 Å². The van der Waals surface area contributed by atoms with Gasteiger partial charge >= 0.3 is 5.69 Å². The highest BCUT2D eigenvalue weighted by Crippen LogP contribution is 2.32. The molecule has 3 atom stereocenters. The summed E-state index contributed by atoms with van der Waals surface area (Å²) in [7, 11) is 1.87. The van der Waals surface area contributed by atoms with Gasteiger partial charge in [0.05, 0.1) is 12.7 Å². The van der Waals surface area contributed by atoms with Crippen LogP contribution in [0.25, 0.3) is 21.5 Å². The molecule has 8 nitrogen and oxygen atoms in total. The smallest absolute Gasteiger partial charge is 0.330 e. The lowest BCUT2D eigenvalue weighted by atomic mass is 9.92. The SMILES string of the molecule is CNc1ccc(C#Cc2c3ccccc3c(C#Cc3cn([C@H]4C[C@H](O)[C@@H](CO)O4)c(=O)[nH]c3=O)c3ccccc23)cc1. The molecule has 0 radical (unpaired) electrons. The minimum absolute atomic E-state index is 0.0715. The van der Waals surface area contributed by atoms with E-state index in [-0.39, 0.29) is 18.6 Å². The average Bonchev–Trinajstić information content (AvgIpc) is 3.39. The Morgan fingerprint density at radius 2 is 1.45 bits per heavy atom. The Morgan fingerprint density at radius 3 is 1.98 bits per heavy atom. The summed E-state index contributed by atoms with van der Waals surface area (Å²) in [5.74, 6) is 12.8. The van der Waals surface area contributed by atoms with Gasteiger partial charge in [0.25, 0.3) is 5.56 Å². The number of aliphatic hydroxyl groups excluding tert-OH is 2. The van der Waals surface area contributed by atoms with Gasteiger partial charge in [-0.1, -0.05) is 72.2 Å². The number of H-pyrrole nitrogens is 1. The number of benzene rings is 4. The van der Waals surface area contributed by atoms with Gasteiger partial charge in [-0.2, -0.15) is 0 Å². The van der Waals surface area contributed by atoms with Crippen molar-refractivity contribution in [1.82, 2.24) is 9.55 Å². The third-order valence-electron chi connectivity index (χ3n) is 7.42. The molecule has 42 heavy (non-hydrogen) atoms. The molecule has 0 bridgehead atoms. The molecular weight excluding hydrogens is 530 g/mol. The lowest BCUT2D eigenvalue weighted by Gasteiger charge is -2.14. The number of aromatic nitrogens is 2. The summed E-state index contributed by atoms with van der Waals surface area (Å²) in [5, 5.41) is 26.3. The standard InChI is InChI=1S/C34H27N3O5/c1-35-23-14-10-21(11-15-23)12-16-28-24-6-2-4-8-26(24)29(27-9-5-3-7-25(27)28)17-13-22-19-37(34(41)36-33(22)40)32-18-30(39)31(20-38)42-32/h2-11,14-15,19,30-32,35,38-39H,18,20H2,1H3,(H,36,40,41)/t30-,31+,32+/m0/s1. The number of aromatic amines is 1. The van der Waals surface area contributed by atoms with E-state index in [2.05, 4.69) is 34.0 Å². The van der Waals surface area contributed by atoms with Crippen LogP contribution in [0.3, 0.4) is 0 Å². The maximum Gasteiger partial charge on any atom is 0.330 e. The normalized spacial score (nSPS) is 17.8. The average molecular weight is 558 g/mol. The second-order valence-electron chi connectivity index (χ2n) is 9.99. The number of anilines is 1. The first-order valence-electron chi connectivity index (χ1n) is 13.5. The summed E-state index contributed by atoms with van der Waals surface area (Å²) >= 11 is 0. The molecule has 1 aromatic heterocycles. The Bertz CT molecular complexity index is 2000. The molecular formula is C34H27N3O5. The van der Waals surface area contributed by atoms with E-state index < -0.39 is 29.7 Å². The molecule has 0 unspecified atom stereocenters. The predicted molar refractivity (Wildman–Crippen MR) is 162 cm³/mol. The summed E-state index contributed by atoms with van der Waals surface area (Å²) in [4.78, 5) is 27.6. The van der Waals surface area contributed by atoms with Crippen molar-refractivity contribution < 1.29 is 14.9 Å². The number of nitrogens with zero attached hydrogens (tertiary/aromatic N) is 1. The first kappa shape index (κ1) is 27.1. The van der Waals surface area contributed by atoms with E-state index in [0.29, 0.717) is 0 Å². The lowest BCUT2D eigenvalue weighted by molar-refractivity contribution is -0.0459. The van der Waals surface area contributed by atoms with Crippen molar-refractivity contribution in [3.63, 3.8) is 0 Å². The molecule has 0 amide bonds. The highest BCUT2D eigenvalue weighted by Gasteiger charge is 2.35. The Hall–Kier alpha value is -5.12. The highest BCUT2D eigenvalue weighted by molar-refractivity contribution is 6.09. The van der Waals surface area contributed by atoms with Crippen molar-refractivity contribution in [1.29, 1.82) is 0 Å². The molecule has 2 heterocycles. The predicted octanol–water partition coefficient (Wildman–Crippen LogP) is 3.33. The second-order valence-corrected chi connectivity index (χ2v) is 9.99. The summed E-state index contributed by atoms with van der Waals surface area (Å²) in [5.41, 5.74) is 2.28. The van der Waals surface area contributed by atoms with E-state index in [1.165, 1.54) is 10.8 Å². The summed E-state index contributed by atoms with van der Waals surface area (Å²) in [6.07, 6.45) is -1.14. The quantitative estimate of drug-likeness (QED) is 0.200. The zero-order valence-corrected chi connectivity index (χ0v) is 22.7. The Labute approximate surface area is 241 Å². The maximum absolute atomic E-state index is 12.7. The summed E-state index contributed by atoms with van der Waals surface area (Å²) in [6.45, 7) is -0.383. The van der Waals surface area contributed by atoms with Crippen LogP contribution in [0.15, 0.2) is 88.6 Å². The first-order valence-corrected chi connectivity index (χ1v) is 13.5. The van der Waals surface area contributed by atoms with Crippen molar-refractivity contribution in [2.24, 2.45) is 0 Å². The molecule has 0 spiro atoms. The maximum atomic E-state index is 12.7. The first-order chi connectivity index (χ1) is 20.5. The van der Waals surface area contributed by atoms with E-state index >= 15 is 0 Å². The number of nitrogens with one attached hydrogen (secondary N) is 2. The lowest BCUT2D eigenvalue weighted by Crippen LogP contribution is -2.33. The van der Waals surface area contributed by atoms with Gasteiger partial charge in [0, 0.05) is 42.0 Å². The van der Waals surface area contributed by atoms with Gasteiger partial charge < -0.3 is 20.3 Å². The van der Waals surface area contributed by atoms with E-state index in [0.717, 1.165) is 43.9 Å². The topological polar surface area (TPSA) is 117 Å². The molecule has 208 valence electrons. The van der Waals surface area contributed by atoms with Crippen LogP contribution in [0.2, 0.25) is 0 Å². The Morgan fingerprint density at radius 1 is 0.881 bits per heavy atom. The monoisotopic (exact) mass is 557 g/mol. The van der Waals surface area contributed by atoms with Crippen LogP contribution < -0.4 is 16.6 Å². The molecule has 1 aliphatic rings. The highest BCUT2D eigenvalue weighted by atomic mass is 16.5. The largest absolute Gasteiger partial charge is 0.394 e. The van der Waals surface area contributed by atoms with Crippen LogP contribution in [0, 0.1) is 23.7 Å². The zero-order chi connectivity index (χ0) is 29.2. The van der Waals surface area contributed by atoms with Crippen molar-refractivity contribution in [3.05, 3.63) is 122 Å². The van der Waals surface area contributed by atoms with Crippen molar-refractivity contribution in [2.75, 3.05) is 19.0 Å².